The summed E-state index contributed by atoms with van der Waals surface area (Å²) in [6.07, 6.45) is 2.95. The number of esters is 1. The Balaban J connectivity index is 1.81. The summed E-state index contributed by atoms with van der Waals surface area (Å²) in [5, 5.41) is 2.83. The van der Waals surface area contributed by atoms with Crippen molar-refractivity contribution in [3.63, 3.8) is 0 Å². The minimum absolute atomic E-state index is 0.154. The minimum Gasteiger partial charge on any atom is -0.452 e. The molecule has 4 nitrogen and oxygen atoms in total. The average molecular weight is 416 g/mol. The van der Waals surface area contributed by atoms with Crippen molar-refractivity contribution in [2.24, 2.45) is 0 Å². The quantitative estimate of drug-likeness (QED) is 0.557. The number of rotatable bonds is 6. The number of hydrogen-bond donors (Lipinski definition) is 1. The van der Waals surface area contributed by atoms with Gasteiger partial charge in [0.05, 0.1) is 6.04 Å². The molecule has 5 heteroatoms. The topological polar surface area (TPSA) is 55.4 Å². The number of benzene rings is 2. The largest absolute Gasteiger partial charge is 0.452 e. The highest BCUT2D eigenvalue weighted by Gasteiger charge is 2.11. The monoisotopic (exact) mass is 415 g/mol. The first-order chi connectivity index (χ1) is 12.3. The Morgan fingerprint density at radius 3 is 2.46 bits per heavy atom. The van der Waals surface area contributed by atoms with Crippen molar-refractivity contribution < 1.29 is 14.3 Å². The fraction of sp³-hybridized carbons (Fsp3) is 0.238. The van der Waals surface area contributed by atoms with Gasteiger partial charge in [0.15, 0.2) is 6.61 Å². The molecule has 26 heavy (non-hydrogen) atoms. The van der Waals surface area contributed by atoms with Crippen molar-refractivity contribution in [2.45, 2.75) is 26.8 Å². The Kier molecular flexibility index (Phi) is 7.16. The van der Waals surface area contributed by atoms with Gasteiger partial charge >= 0.3 is 5.97 Å². The van der Waals surface area contributed by atoms with Gasteiger partial charge in [-0.3, -0.25) is 4.79 Å². The minimum atomic E-state index is -0.554. The van der Waals surface area contributed by atoms with E-state index < -0.39 is 5.97 Å². The van der Waals surface area contributed by atoms with Crippen LogP contribution in [-0.2, 0) is 14.3 Å². The fourth-order valence-corrected chi connectivity index (χ4v) is 2.59. The molecule has 1 amide bonds. The Morgan fingerprint density at radius 1 is 1.12 bits per heavy atom. The van der Waals surface area contributed by atoms with E-state index in [1.54, 1.807) is 6.08 Å². The molecular weight excluding hydrogens is 394 g/mol. The van der Waals surface area contributed by atoms with Crippen LogP contribution in [0.2, 0.25) is 0 Å². The van der Waals surface area contributed by atoms with E-state index in [1.807, 2.05) is 63.2 Å². The fourth-order valence-electron chi connectivity index (χ4n) is 2.32. The summed E-state index contributed by atoms with van der Waals surface area (Å²) in [6.45, 7) is 5.67. The van der Waals surface area contributed by atoms with E-state index in [2.05, 4.69) is 21.2 Å². The number of aryl methyl sites for hydroxylation is 2. The van der Waals surface area contributed by atoms with Crippen molar-refractivity contribution in [3.05, 3.63) is 75.3 Å². The van der Waals surface area contributed by atoms with E-state index in [0.717, 1.165) is 15.6 Å². The lowest BCUT2D eigenvalue weighted by molar-refractivity contribution is -0.144. The van der Waals surface area contributed by atoms with Crippen LogP contribution in [0.1, 0.15) is 35.2 Å². The predicted octanol–water partition coefficient (Wildman–Crippen LogP) is 4.50. The second-order valence-electron chi connectivity index (χ2n) is 6.13. The average Bonchev–Trinajstić information content (AvgIpc) is 2.61. The van der Waals surface area contributed by atoms with Gasteiger partial charge in [-0.2, -0.15) is 0 Å². The molecule has 2 aromatic rings. The summed E-state index contributed by atoms with van der Waals surface area (Å²) < 4.78 is 5.95. The highest BCUT2D eigenvalue weighted by atomic mass is 79.9. The van der Waals surface area contributed by atoms with Crippen LogP contribution in [0, 0.1) is 13.8 Å². The Hall–Kier alpha value is -2.40. The van der Waals surface area contributed by atoms with Crippen molar-refractivity contribution in [1.82, 2.24) is 5.32 Å². The van der Waals surface area contributed by atoms with Gasteiger partial charge in [-0.1, -0.05) is 46.3 Å². The summed E-state index contributed by atoms with van der Waals surface area (Å²) in [7, 11) is 0. The number of amides is 1. The molecule has 0 saturated heterocycles. The maximum atomic E-state index is 12.0. The zero-order valence-electron chi connectivity index (χ0n) is 15.1. The number of ether oxygens (including phenoxy) is 1. The Morgan fingerprint density at radius 2 is 1.81 bits per heavy atom. The van der Waals surface area contributed by atoms with Crippen LogP contribution >= 0.6 is 15.9 Å². The van der Waals surface area contributed by atoms with Crippen LogP contribution in [0.25, 0.3) is 6.08 Å². The predicted molar refractivity (Wildman–Crippen MR) is 107 cm³/mol. The number of hydrogen-bond acceptors (Lipinski definition) is 3. The summed E-state index contributed by atoms with van der Waals surface area (Å²) >= 11 is 3.35. The van der Waals surface area contributed by atoms with Crippen LogP contribution in [0.4, 0.5) is 0 Å². The number of carbonyl (C=O) groups excluding carboxylic acids is 2. The molecule has 0 aliphatic heterocycles. The van der Waals surface area contributed by atoms with Crippen LogP contribution in [-0.4, -0.2) is 18.5 Å². The maximum absolute atomic E-state index is 12.0. The van der Waals surface area contributed by atoms with Crippen LogP contribution in [0.15, 0.2) is 53.0 Å². The van der Waals surface area contributed by atoms with Crippen molar-refractivity contribution >= 4 is 33.9 Å². The zero-order valence-corrected chi connectivity index (χ0v) is 16.7. The lowest BCUT2D eigenvalue weighted by Crippen LogP contribution is -2.31. The highest BCUT2D eigenvalue weighted by Crippen LogP contribution is 2.16. The van der Waals surface area contributed by atoms with E-state index >= 15 is 0 Å². The van der Waals surface area contributed by atoms with E-state index in [1.165, 1.54) is 17.2 Å². The third-order valence-electron chi connectivity index (χ3n) is 4.04. The third kappa shape index (κ3) is 6.15. The van der Waals surface area contributed by atoms with Crippen molar-refractivity contribution in [2.75, 3.05) is 6.61 Å². The Bertz CT molecular complexity index is 813. The molecule has 0 unspecified atom stereocenters. The molecule has 2 rings (SSSR count). The van der Waals surface area contributed by atoms with E-state index in [9.17, 15) is 9.59 Å². The second kappa shape index (κ2) is 9.34. The molecule has 0 aliphatic carbocycles. The standard InChI is InChI=1S/C21H22BrNO3/c1-14-4-8-18(12-15(14)2)16(3)23-20(24)13-26-21(25)11-7-17-5-9-19(22)10-6-17/h4-12,16H,13H2,1-3H3,(H,23,24)/b11-7+/t16-/m0/s1. The zero-order chi connectivity index (χ0) is 19.1. The number of carbonyl (C=O) groups is 2. The second-order valence-corrected chi connectivity index (χ2v) is 7.04. The Labute approximate surface area is 162 Å². The van der Waals surface area contributed by atoms with Crippen LogP contribution in [0.3, 0.4) is 0 Å². The molecule has 0 spiro atoms. The molecule has 1 atom stereocenters. The highest BCUT2D eigenvalue weighted by molar-refractivity contribution is 9.10. The molecule has 1 N–H and O–H groups in total. The molecular formula is C21H22BrNO3. The molecule has 0 saturated carbocycles. The third-order valence-corrected chi connectivity index (χ3v) is 4.56. The molecule has 0 aromatic heterocycles. The molecule has 0 fully saturated rings. The molecule has 136 valence electrons. The van der Waals surface area contributed by atoms with E-state index in [0.29, 0.717) is 0 Å². The van der Waals surface area contributed by atoms with Crippen LogP contribution in [0.5, 0.6) is 0 Å². The summed E-state index contributed by atoms with van der Waals surface area (Å²) in [5.74, 6) is -0.886. The summed E-state index contributed by atoms with van der Waals surface area (Å²) in [6, 6.07) is 13.4. The molecule has 0 bridgehead atoms. The normalized spacial score (nSPS) is 12.0. The maximum Gasteiger partial charge on any atom is 0.331 e. The van der Waals surface area contributed by atoms with Gasteiger partial charge in [0, 0.05) is 10.5 Å². The molecule has 0 heterocycles. The first kappa shape index (κ1) is 19.9. The van der Waals surface area contributed by atoms with Gasteiger partial charge in [0.2, 0.25) is 0 Å². The molecule has 2 aromatic carbocycles. The number of halogens is 1. The lowest BCUT2D eigenvalue weighted by Gasteiger charge is -2.15. The first-order valence-electron chi connectivity index (χ1n) is 8.32. The van der Waals surface area contributed by atoms with Gasteiger partial charge in [0.1, 0.15) is 0 Å². The smallest absolute Gasteiger partial charge is 0.331 e. The first-order valence-corrected chi connectivity index (χ1v) is 9.11. The van der Waals surface area contributed by atoms with Gasteiger partial charge in [-0.05, 0) is 61.2 Å². The van der Waals surface area contributed by atoms with E-state index in [4.69, 9.17) is 4.74 Å². The lowest BCUT2D eigenvalue weighted by atomic mass is 10.0. The van der Waals surface area contributed by atoms with Gasteiger partial charge in [-0.15, -0.1) is 0 Å². The summed E-state index contributed by atoms with van der Waals surface area (Å²) in [5.41, 5.74) is 4.27. The van der Waals surface area contributed by atoms with Gasteiger partial charge in [-0.25, -0.2) is 4.79 Å². The molecule has 0 aliphatic rings. The van der Waals surface area contributed by atoms with Gasteiger partial charge < -0.3 is 10.1 Å². The number of nitrogens with one attached hydrogen (secondary N) is 1. The summed E-state index contributed by atoms with van der Waals surface area (Å²) in [4.78, 5) is 23.7. The molecule has 0 radical (unpaired) electrons. The van der Waals surface area contributed by atoms with Crippen molar-refractivity contribution in [1.29, 1.82) is 0 Å². The SMILES string of the molecule is Cc1ccc([C@H](C)NC(=O)COC(=O)/C=C/c2ccc(Br)cc2)cc1C. The van der Waals surface area contributed by atoms with Crippen LogP contribution < -0.4 is 5.32 Å². The van der Waals surface area contributed by atoms with E-state index in [-0.39, 0.29) is 18.6 Å². The van der Waals surface area contributed by atoms with Crippen molar-refractivity contribution in [3.8, 4) is 0 Å². The van der Waals surface area contributed by atoms with Gasteiger partial charge in [0.25, 0.3) is 5.91 Å².